The number of aliphatic hydroxyl groups is 1. The van der Waals surface area contributed by atoms with Gasteiger partial charge in [-0.2, -0.15) is 13.2 Å². The van der Waals surface area contributed by atoms with Gasteiger partial charge in [0.1, 0.15) is 17.7 Å². The molecule has 9 heteroatoms. The van der Waals surface area contributed by atoms with E-state index in [9.17, 15) is 23.1 Å². The molecule has 0 bridgehead atoms. The van der Waals surface area contributed by atoms with Crippen molar-refractivity contribution in [1.82, 2.24) is 9.97 Å². The predicted octanol–water partition coefficient (Wildman–Crippen LogP) is 6.13. The molecule has 0 saturated heterocycles. The number of rotatable bonds is 5. The fraction of sp³-hybridized carbons (Fsp3) is 0.444. The number of esters is 1. The number of carbonyl (C=O) groups excluding carboxylic acids is 1. The fourth-order valence-electron chi connectivity index (χ4n) is 4.88. The van der Waals surface area contributed by atoms with Crippen molar-refractivity contribution in [1.29, 1.82) is 0 Å². The van der Waals surface area contributed by atoms with Gasteiger partial charge in [-0.05, 0) is 81.3 Å². The van der Waals surface area contributed by atoms with Crippen LogP contribution in [0.3, 0.4) is 0 Å². The first-order valence-corrected chi connectivity index (χ1v) is 12.0. The summed E-state index contributed by atoms with van der Waals surface area (Å²) < 4.78 is 45.0. The Hall–Kier alpha value is -3.20. The molecule has 6 nitrogen and oxygen atoms in total. The topological polar surface area (TPSA) is 84.3 Å². The summed E-state index contributed by atoms with van der Waals surface area (Å²) in [5.41, 5.74) is 0.966. The first-order chi connectivity index (χ1) is 16.9. The van der Waals surface area contributed by atoms with Crippen molar-refractivity contribution in [2.45, 2.75) is 77.3 Å². The number of halogens is 3. The highest BCUT2D eigenvalue weighted by Gasteiger charge is 2.36. The highest BCUT2D eigenvalue weighted by Crippen LogP contribution is 2.41. The fourth-order valence-corrected chi connectivity index (χ4v) is 4.88. The number of nitrogens with zero attached hydrogens (tertiary/aromatic N) is 2. The van der Waals surface area contributed by atoms with Gasteiger partial charge in [0.25, 0.3) is 0 Å². The van der Waals surface area contributed by atoms with Crippen molar-refractivity contribution in [3.05, 3.63) is 64.5 Å². The molecule has 0 unspecified atom stereocenters. The van der Waals surface area contributed by atoms with Crippen molar-refractivity contribution in [3.63, 3.8) is 0 Å². The molecule has 3 aromatic rings. The predicted molar refractivity (Wildman–Crippen MR) is 130 cm³/mol. The van der Waals surface area contributed by atoms with Gasteiger partial charge in [-0.1, -0.05) is 18.2 Å². The Kier molecular flexibility index (Phi) is 6.96. The standard InChI is InChI=1S/C27H30F3N3O3/c1-15-12-21(26(35)10-8-22(9-11-26)36-18(4)34)14-23-24(15)32-17(3)33-25(23)31-16(2)19-6-5-7-20(13-19)27(28,29)30/h5-7,12-14,16,22,35H,8-11H2,1-4H3,(H,31,32,33)/t16-,22?,26?/m1/s1. The molecule has 2 N–H and O–H groups in total. The molecule has 2 aromatic carbocycles. The van der Waals surface area contributed by atoms with Crippen LogP contribution in [0, 0.1) is 13.8 Å². The third-order valence-corrected chi connectivity index (χ3v) is 6.80. The van der Waals surface area contributed by atoms with Gasteiger partial charge in [0.2, 0.25) is 0 Å². The van der Waals surface area contributed by atoms with Gasteiger partial charge in [-0.25, -0.2) is 9.97 Å². The minimum Gasteiger partial charge on any atom is -0.463 e. The van der Waals surface area contributed by atoms with Gasteiger partial charge >= 0.3 is 12.1 Å². The molecule has 1 aromatic heterocycles. The molecular weight excluding hydrogens is 471 g/mol. The summed E-state index contributed by atoms with van der Waals surface area (Å²) in [6.07, 6.45) is -2.66. The number of ether oxygens (including phenoxy) is 1. The van der Waals surface area contributed by atoms with Gasteiger partial charge < -0.3 is 15.2 Å². The van der Waals surface area contributed by atoms with Crippen LogP contribution in [0.1, 0.15) is 73.7 Å². The van der Waals surface area contributed by atoms with Crippen molar-refractivity contribution >= 4 is 22.7 Å². The molecule has 4 rings (SSSR count). The molecular formula is C27H30F3N3O3. The smallest absolute Gasteiger partial charge is 0.416 e. The van der Waals surface area contributed by atoms with Gasteiger partial charge in [0.05, 0.1) is 16.7 Å². The molecule has 0 spiro atoms. The highest BCUT2D eigenvalue weighted by molar-refractivity contribution is 5.92. The number of aryl methyl sites for hydroxylation is 2. The average molecular weight is 502 g/mol. The number of carbonyl (C=O) groups is 1. The number of fused-ring (bicyclic) bond motifs is 1. The summed E-state index contributed by atoms with van der Waals surface area (Å²) in [5.74, 6) is 0.687. The number of nitrogens with one attached hydrogen (secondary N) is 1. The van der Waals surface area contributed by atoms with Crippen LogP contribution in [0.15, 0.2) is 36.4 Å². The van der Waals surface area contributed by atoms with Crippen LogP contribution < -0.4 is 5.32 Å². The van der Waals surface area contributed by atoms with E-state index in [1.807, 2.05) is 19.1 Å². The number of hydrogen-bond acceptors (Lipinski definition) is 6. The number of hydrogen-bond donors (Lipinski definition) is 2. The maximum absolute atomic E-state index is 13.2. The zero-order chi connectivity index (χ0) is 26.3. The second-order valence-electron chi connectivity index (χ2n) is 9.64. The summed E-state index contributed by atoms with van der Waals surface area (Å²) in [5, 5.41) is 15.4. The molecule has 1 fully saturated rings. The second kappa shape index (κ2) is 9.69. The number of benzene rings is 2. The van der Waals surface area contributed by atoms with Gasteiger partial charge in [0.15, 0.2) is 0 Å². The van der Waals surface area contributed by atoms with Crippen LogP contribution >= 0.6 is 0 Å². The molecule has 0 radical (unpaired) electrons. The summed E-state index contributed by atoms with van der Waals surface area (Å²) >= 11 is 0. The summed E-state index contributed by atoms with van der Waals surface area (Å²) in [6.45, 7) is 6.83. The van der Waals surface area contributed by atoms with Crippen LogP contribution in [-0.2, 0) is 21.3 Å². The van der Waals surface area contributed by atoms with E-state index in [-0.39, 0.29) is 12.1 Å². The Labute approximate surface area is 207 Å². The Bertz CT molecular complexity index is 1280. The zero-order valence-corrected chi connectivity index (χ0v) is 20.7. The first kappa shape index (κ1) is 25.9. The van der Waals surface area contributed by atoms with E-state index < -0.39 is 23.4 Å². The van der Waals surface area contributed by atoms with E-state index in [1.165, 1.54) is 13.0 Å². The number of aromatic nitrogens is 2. The molecule has 1 saturated carbocycles. The maximum Gasteiger partial charge on any atom is 0.416 e. The molecule has 1 atom stereocenters. The van der Waals surface area contributed by atoms with E-state index in [2.05, 4.69) is 15.3 Å². The lowest BCUT2D eigenvalue weighted by molar-refractivity contribution is -0.151. The second-order valence-corrected chi connectivity index (χ2v) is 9.64. The van der Waals surface area contributed by atoms with Gasteiger partial charge in [-0.15, -0.1) is 0 Å². The van der Waals surface area contributed by atoms with Crippen LogP contribution in [0.5, 0.6) is 0 Å². The van der Waals surface area contributed by atoms with Gasteiger partial charge in [0, 0.05) is 18.4 Å². The van der Waals surface area contributed by atoms with Crippen LogP contribution in [0.25, 0.3) is 10.9 Å². The Morgan fingerprint density at radius 1 is 1.17 bits per heavy atom. The van der Waals surface area contributed by atoms with Crippen LogP contribution in [0.4, 0.5) is 19.0 Å². The molecule has 1 aliphatic rings. The summed E-state index contributed by atoms with van der Waals surface area (Å²) in [4.78, 5) is 20.4. The third-order valence-electron chi connectivity index (χ3n) is 6.80. The molecule has 192 valence electrons. The molecule has 1 heterocycles. The van der Waals surface area contributed by atoms with Crippen molar-refractivity contribution < 1.29 is 27.8 Å². The third kappa shape index (κ3) is 5.46. The van der Waals surface area contributed by atoms with E-state index >= 15 is 0 Å². The largest absolute Gasteiger partial charge is 0.463 e. The zero-order valence-electron chi connectivity index (χ0n) is 20.7. The molecule has 0 aliphatic heterocycles. The first-order valence-electron chi connectivity index (χ1n) is 12.0. The van der Waals surface area contributed by atoms with E-state index in [1.54, 1.807) is 19.9 Å². The Morgan fingerprint density at radius 2 is 1.86 bits per heavy atom. The van der Waals surface area contributed by atoms with E-state index in [0.717, 1.165) is 23.3 Å². The average Bonchev–Trinajstić information content (AvgIpc) is 2.80. The summed E-state index contributed by atoms with van der Waals surface area (Å²) in [6, 6.07) is 8.53. The SMILES string of the molecule is CC(=O)OC1CCC(O)(c2cc(C)c3nc(C)nc(N[C@H](C)c4cccc(C(F)(F)F)c4)c3c2)CC1. The lowest BCUT2D eigenvalue weighted by Crippen LogP contribution is -2.35. The summed E-state index contributed by atoms with van der Waals surface area (Å²) in [7, 11) is 0. The molecule has 0 amide bonds. The maximum atomic E-state index is 13.2. The molecule has 36 heavy (non-hydrogen) atoms. The lowest BCUT2D eigenvalue weighted by Gasteiger charge is -2.36. The minimum absolute atomic E-state index is 0.208. The number of alkyl halides is 3. The molecule has 1 aliphatic carbocycles. The Balaban J connectivity index is 1.68. The van der Waals surface area contributed by atoms with Gasteiger partial charge in [-0.3, -0.25) is 4.79 Å². The van der Waals surface area contributed by atoms with E-state index in [4.69, 9.17) is 4.74 Å². The van der Waals surface area contributed by atoms with E-state index in [0.29, 0.717) is 53.8 Å². The highest BCUT2D eigenvalue weighted by atomic mass is 19.4. The van der Waals surface area contributed by atoms with Crippen LogP contribution in [0.2, 0.25) is 0 Å². The Morgan fingerprint density at radius 3 is 2.50 bits per heavy atom. The van der Waals surface area contributed by atoms with Crippen molar-refractivity contribution in [3.8, 4) is 0 Å². The quantitative estimate of drug-likeness (QED) is 0.409. The number of anilines is 1. The monoisotopic (exact) mass is 501 g/mol. The van der Waals surface area contributed by atoms with Crippen molar-refractivity contribution in [2.75, 3.05) is 5.32 Å². The van der Waals surface area contributed by atoms with Crippen LogP contribution in [-0.4, -0.2) is 27.1 Å². The normalized spacial score (nSPS) is 21.3. The minimum atomic E-state index is -4.43. The lowest BCUT2D eigenvalue weighted by atomic mass is 9.77. The van der Waals surface area contributed by atoms with Crippen molar-refractivity contribution in [2.24, 2.45) is 0 Å².